The molecule has 3 aromatic rings. The molecule has 2 N–H and O–H groups in total. The van der Waals surface area contributed by atoms with Crippen LogP contribution in [0.15, 0.2) is 60.7 Å². The number of nitrogens with zero attached hydrogens (tertiary/aromatic N) is 1. The number of aliphatic hydroxyl groups is 1. The highest BCUT2D eigenvalue weighted by atomic mass is 16.5. The minimum Gasteiger partial charge on any atom is -0.497 e. The fourth-order valence-corrected chi connectivity index (χ4v) is 2.45. The van der Waals surface area contributed by atoms with Gasteiger partial charge in [0.2, 0.25) is 0 Å². The van der Waals surface area contributed by atoms with Gasteiger partial charge in [0.05, 0.1) is 25.1 Å². The summed E-state index contributed by atoms with van der Waals surface area (Å²) in [6.07, 6.45) is 3.20. The second-order valence-electron chi connectivity index (χ2n) is 5.50. The van der Waals surface area contributed by atoms with Crippen LogP contribution >= 0.6 is 0 Å². The summed E-state index contributed by atoms with van der Waals surface area (Å²) in [6, 6.07) is 16.4. The van der Waals surface area contributed by atoms with Crippen molar-refractivity contribution in [1.82, 2.24) is 10.2 Å². The summed E-state index contributed by atoms with van der Waals surface area (Å²) in [7, 11) is 1.58. The molecule has 1 heterocycles. The number of allylic oxidation sites excluding steroid dienone is 1. The monoisotopic (exact) mass is 334 g/mol. The number of ether oxygens (including phenoxy) is 1. The number of aliphatic hydroxyl groups excluding tert-OH is 1. The first-order chi connectivity index (χ1) is 12.2. The number of ketones is 1. The van der Waals surface area contributed by atoms with Crippen molar-refractivity contribution >= 4 is 11.9 Å². The first kappa shape index (κ1) is 16.7. The number of aromatic amines is 1. The molecule has 0 atom stereocenters. The van der Waals surface area contributed by atoms with Crippen LogP contribution in [0.2, 0.25) is 0 Å². The Morgan fingerprint density at radius 1 is 1.20 bits per heavy atom. The Labute approximate surface area is 145 Å². The Kier molecular flexibility index (Phi) is 5.06. The van der Waals surface area contributed by atoms with Crippen molar-refractivity contribution in [1.29, 1.82) is 0 Å². The Bertz CT molecular complexity index is 876. The highest BCUT2D eigenvalue weighted by Crippen LogP contribution is 2.25. The molecule has 0 saturated carbocycles. The van der Waals surface area contributed by atoms with Crippen molar-refractivity contribution in [2.45, 2.75) is 6.61 Å². The summed E-state index contributed by atoms with van der Waals surface area (Å²) in [4.78, 5) is 12.1. The third-order valence-corrected chi connectivity index (χ3v) is 3.75. The standard InChI is InChI=1S/C20H18N2O3/c1-25-18-10-14(13-23)9-16(11-18)19-12-17(21-22-19)7-8-20(24)15-5-3-2-4-6-15/h2-12,23H,13H2,1H3,(H,21,22)/b8-7+. The number of carbonyl (C=O) groups excluding carboxylic acids is 1. The lowest BCUT2D eigenvalue weighted by Crippen LogP contribution is -1.92. The quantitative estimate of drug-likeness (QED) is 0.535. The zero-order chi connectivity index (χ0) is 17.6. The van der Waals surface area contributed by atoms with Crippen LogP contribution in [0.3, 0.4) is 0 Å². The number of hydrogen-bond acceptors (Lipinski definition) is 4. The van der Waals surface area contributed by atoms with E-state index in [4.69, 9.17) is 4.74 Å². The van der Waals surface area contributed by atoms with E-state index in [1.54, 1.807) is 31.4 Å². The number of benzene rings is 2. The largest absolute Gasteiger partial charge is 0.497 e. The lowest BCUT2D eigenvalue weighted by atomic mass is 10.1. The number of methoxy groups -OCH3 is 1. The molecular formula is C20H18N2O3. The molecule has 0 bridgehead atoms. The highest BCUT2D eigenvalue weighted by Gasteiger charge is 2.07. The summed E-state index contributed by atoms with van der Waals surface area (Å²) >= 11 is 0. The van der Waals surface area contributed by atoms with Gasteiger partial charge in [0, 0.05) is 11.1 Å². The lowest BCUT2D eigenvalue weighted by molar-refractivity contribution is 0.104. The van der Waals surface area contributed by atoms with Gasteiger partial charge in [0.1, 0.15) is 5.75 Å². The van der Waals surface area contributed by atoms with Crippen molar-refractivity contribution < 1.29 is 14.6 Å². The van der Waals surface area contributed by atoms with Crippen LogP contribution in [-0.4, -0.2) is 28.2 Å². The van der Waals surface area contributed by atoms with E-state index in [1.807, 2.05) is 36.4 Å². The van der Waals surface area contributed by atoms with Gasteiger partial charge in [-0.1, -0.05) is 30.3 Å². The van der Waals surface area contributed by atoms with E-state index in [0.717, 1.165) is 11.1 Å². The predicted octanol–water partition coefficient (Wildman–Crippen LogP) is 3.47. The maximum Gasteiger partial charge on any atom is 0.185 e. The molecule has 0 aliphatic rings. The average molecular weight is 334 g/mol. The second kappa shape index (κ2) is 7.59. The van der Waals surface area contributed by atoms with Gasteiger partial charge in [0.25, 0.3) is 0 Å². The van der Waals surface area contributed by atoms with Crippen molar-refractivity contribution in [3.63, 3.8) is 0 Å². The summed E-state index contributed by atoms with van der Waals surface area (Å²) in [6.45, 7) is -0.0764. The molecule has 0 fully saturated rings. The third kappa shape index (κ3) is 4.02. The predicted molar refractivity (Wildman–Crippen MR) is 96.3 cm³/mol. The normalized spacial score (nSPS) is 11.0. The molecule has 126 valence electrons. The summed E-state index contributed by atoms with van der Waals surface area (Å²) in [5, 5.41) is 16.5. The third-order valence-electron chi connectivity index (χ3n) is 3.75. The van der Waals surface area contributed by atoms with Crippen LogP contribution < -0.4 is 4.74 Å². The second-order valence-corrected chi connectivity index (χ2v) is 5.50. The topological polar surface area (TPSA) is 75.2 Å². The van der Waals surface area contributed by atoms with E-state index in [9.17, 15) is 9.90 Å². The van der Waals surface area contributed by atoms with Gasteiger partial charge >= 0.3 is 0 Å². The number of H-pyrrole nitrogens is 1. The molecular weight excluding hydrogens is 316 g/mol. The zero-order valence-electron chi connectivity index (χ0n) is 13.8. The van der Waals surface area contributed by atoms with E-state index in [-0.39, 0.29) is 12.4 Å². The Balaban J connectivity index is 1.81. The van der Waals surface area contributed by atoms with Gasteiger partial charge in [-0.25, -0.2) is 0 Å². The molecule has 2 aromatic carbocycles. The number of carbonyl (C=O) groups is 1. The number of hydrogen-bond donors (Lipinski definition) is 2. The molecule has 0 radical (unpaired) electrons. The maximum atomic E-state index is 12.1. The average Bonchev–Trinajstić information content (AvgIpc) is 3.15. The van der Waals surface area contributed by atoms with Crippen LogP contribution in [0.1, 0.15) is 21.6 Å². The lowest BCUT2D eigenvalue weighted by Gasteiger charge is -2.05. The van der Waals surface area contributed by atoms with Crippen LogP contribution in [0, 0.1) is 0 Å². The molecule has 0 aliphatic carbocycles. The maximum absolute atomic E-state index is 12.1. The molecule has 0 spiro atoms. The molecule has 1 aromatic heterocycles. The van der Waals surface area contributed by atoms with Crippen molar-refractivity contribution in [3.8, 4) is 17.0 Å². The number of nitrogens with one attached hydrogen (secondary N) is 1. The van der Waals surface area contributed by atoms with Gasteiger partial charge < -0.3 is 9.84 Å². The van der Waals surface area contributed by atoms with Gasteiger partial charge in [-0.15, -0.1) is 0 Å². The summed E-state index contributed by atoms with van der Waals surface area (Å²) in [5.74, 6) is 0.585. The molecule has 3 rings (SSSR count). The first-order valence-corrected chi connectivity index (χ1v) is 7.81. The van der Waals surface area contributed by atoms with Crippen molar-refractivity contribution in [2.75, 3.05) is 7.11 Å². The first-order valence-electron chi connectivity index (χ1n) is 7.81. The van der Waals surface area contributed by atoms with Crippen LogP contribution in [-0.2, 0) is 6.61 Å². The Morgan fingerprint density at radius 2 is 2.00 bits per heavy atom. The summed E-state index contributed by atoms with van der Waals surface area (Å²) < 4.78 is 5.25. The minimum absolute atomic E-state index is 0.0688. The molecule has 0 unspecified atom stereocenters. The molecule has 0 amide bonds. The zero-order valence-corrected chi connectivity index (χ0v) is 13.8. The van der Waals surface area contributed by atoms with Crippen molar-refractivity contribution in [2.24, 2.45) is 0 Å². The van der Waals surface area contributed by atoms with Crippen molar-refractivity contribution in [3.05, 3.63) is 77.5 Å². The van der Waals surface area contributed by atoms with Crippen LogP contribution in [0.4, 0.5) is 0 Å². The van der Waals surface area contributed by atoms with Gasteiger partial charge in [-0.3, -0.25) is 9.89 Å². The van der Waals surface area contributed by atoms with Crippen LogP contribution in [0.25, 0.3) is 17.3 Å². The number of rotatable bonds is 6. The SMILES string of the molecule is COc1cc(CO)cc(-c2cc(/C=C/C(=O)c3ccccc3)[nH]n2)c1. The van der Waals surface area contributed by atoms with Gasteiger partial charge in [0.15, 0.2) is 5.78 Å². The fraction of sp³-hybridized carbons (Fsp3) is 0.100. The van der Waals surface area contributed by atoms with Gasteiger partial charge in [-0.2, -0.15) is 5.10 Å². The Hall–Kier alpha value is -3.18. The molecule has 0 aliphatic heterocycles. The van der Waals surface area contributed by atoms with E-state index in [2.05, 4.69) is 10.2 Å². The van der Waals surface area contributed by atoms with E-state index >= 15 is 0 Å². The molecule has 25 heavy (non-hydrogen) atoms. The van der Waals surface area contributed by atoms with E-state index in [0.29, 0.717) is 22.7 Å². The van der Waals surface area contributed by atoms with E-state index in [1.165, 1.54) is 6.08 Å². The van der Waals surface area contributed by atoms with Gasteiger partial charge in [-0.05, 0) is 42.0 Å². The molecule has 5 heteroatoms. The Morgan fingerprint density at radius 3 is 2.72 bits per heavy atom. The summed E-state index contributed by atoms with van der Waals surface area (Å²) in [5.41, 5.74) is 3.63. The van der Waals surface area contributed by atoms with E-state index < -0.39 is 0 Å². The number of aromatic nitrogens is 2. The molecule has 5 nitrogen and oxygen atoms in total. The minimum atomic E-state index is -0.0764. The fourth-order valence-electron chi connectivity index (χ4n) is 2.45. The molecule has 0 saturated heterocycles. The highest BCUT2D eigenvalue weighted by molar-refractivity contribution is 6.06. The smallest absolute Gasteiger partial charge is 0.185 e. The van der Waals surface area contributed by atoms with Crippen LogP contribution in [0.5, 0.6) is 5.75 Å².